The predicted octanol–water partition coefficient (Wildman–Crippen LogP) is 4.77. The van der Waals surface area contributed by atoms with Crippen LogP contribution in [-0.4, -0.2) is 61.3 Å². The molecular weight excluding hydrogens is 442 g/mol. The van der Waals surface area contributed by atoms with Crippen molar-refractivity contribution in [3.05, 3.63) is 72.1 Å². The van der Waals surface area contributed by atoms with Crippen molar-refractivity contribution in [1.82, 2.24) is 14.9 Å². The lowest BCUT2D eigenvalue weighted by atomic mass is 9.97. The zero-order chi connectivity index (χ0) is 24.2. The van der Waals surface area contributed by atoms with E-state index < -0.39 is 0 Å². The SMILES string of the molecule is COc1ccc(OC)c(-c2c[nH]c3ncc(C4=C/CC/C=C/C(C(=O)N5CCOCC5)=C\4)cc23)c1. The Kier molecular flexibility index (Phi) is 6.68. The van der Waals surface area contributed by atoms with E-state index in [2.05, 4.69) is 28.2 Å². The van der Waals surface area contributed by atoms with Gasteiger partial charge in [-0.1, -0.05) is 18.2 Å². The topological polar surface area (TPSA) is 76.7 Å². The number of H-pyrrole nitrogens is 1. The maximum absolute atomic E-state index is 13.2. The van der Waals surface area contributed by atoms with Crippen molar-refractivity contribution in [3.63, 3.8) is 0 Å². The fourth-order valence-electron chi connectivity index (χ4n) is 4.51. The Bertz CT molecular complexity index is 1330. The quantitative estimate of drug-likeness (QED) is 0.580. The van der Waals surface area contributed by atoms with Gasteiger partial charge in [0, 0.05) is 53.1 Å². The number of methoxy groups -OCH3 is 2. The number of hydrogen-bond donors (Lipinski definition) is 1. The Morgan fingerprint density at radius 2 is 1.94 bits per heavy atom. The monoisotopic (exact) mass is 471 g/mol. The Hall–Kier alpha value is -3.84. The van der Waals surface area contributed by atoms with Crippen molar-refractivity contribution in [2.45, 2.75) is 12.8 Å². The van der Waals surface area contributed by atoms with E-state index >= 15 is 0 Å². The number of hydrogen-bond acceptors (Lipinski definition) is 5. The molecule has 1 aliphatic carbocycles. The molecule has 1 fully saturated rings. The van der Waals surface area contributed by atoms with Gasteiger partial charge in [0.05, 0.1) is 27.4 Å². The third-order valence-electron chi connectivity index (χ3n) is 6.41. The summed E-state index contributed by atoms with van der Waals surface area (Å²) in [6.45, 7) is 2.39. The summed E-state index contributed by atoms with van der Waals surface area (Å²) < 4.78 is 16.5. The van der Waals surface area contributed by atoms with E-state index in [1.165, 1.54) is 0 Å². The highest BCUT2D eigenvalue weighted by Gasteiger charge is 2.20. The molecule has 1 amide bonds. The molecule has 0 spiro atoms. The Labute approximate surface area is 204 Å². The summed E-state index contributed by atoms with van der Waals surface area (Å²) in [5, 5.41) is 0.974. The van der Waals surface area contributed by atoms with Crippen LogP contribution in [-0.2, 0) is 9.53 Å². The van der Waals surface area contributed by atoms with Crippen LogP contribution in [0.1, 0.15) is 18.4 Å². The number of carbonyl (C=O) groups is 1. The molecule has 0 bridgehead atoms. The number of aromatic amines is 1. The van der Waals surface area contributed by atoms with E-state index in [9.17, 15) is 4.79 Å². The summed E-state index contributed by atoms with van der Waals surface area (Å²) in [6.07, 6.45) is 13.7. The average molecular weight is 472 g/mol. The van der Waals surface area contributed by atoms with Gasteiger partial charge in [-0.05, 0) is 48.8 Å². The molecule has 1 saturated heterocycles. The minimum atomic E-state index is 0.0369. The lowest BCUT2D eigenvalue weighted by Crippen LogP contribution is -2.41. The molecular formula is C28H29N3O4. The van der Waals surface area contributed by atoms with Crippen LogP contribution >= 0.6 is 0 Å². The third kappa shape index (κ3) is 4.72. The van der Waals surface area contributed by atoms with Crippen LogP contribution < -0.4 is 9.47 Å². The Morgan fingerprint density at radius 3 is 2.74 bits per heavy atom. The summed E-state index contributed by atoms with van der Waals surface area (Å²) in [4.78, 5) is 23.0. The Balaban J connectivity index is 1.55. The van der Waals surface area contributed by atoms with Crippen LogP contribution in [0.2, 0.25) is 0 Å². The van der Waals surface area contributed by atoms with Gasteiger partial charge < -0.3 is 24.1 Å². The highest BCUT2D eigenvalue weighted by molar-refractivity contribution is 6.01. The van der Waals surface area contributed by atoms with Crippen molar-refractivity contribution in [1.29, 1.82) is 0 Å². The third-order valence-corrected chi connectivity index (χ3v) is 6.41. The number of fused-ring (bicyclic) bond motifs is 1. The van der Waals surface area contributed by atoms with Gasteiger partial charge in [-0.25, -0.2) is 4.98 Å². The van der Waals surface area contributed by atoms with Crippen LogP contribution in [0.25, 0.3) is 27.7 Å². The molecule has 7 nitrogen and oxygen atoms in total. The molecule has 2 aliphatic rings. The highest BCUT2D eigenvalue weighted by Crippen LogP contribution is 2.38. The number of ether oxygens (including phenoxy) is 3. The molecule has 5 rings (SSSR count). The van der Waals surface area contributed by atoms with Gasteiger partial charge in [0.1, 0.15) is 17.1 Å². The molecule has 2 aromatic heterocycles. The normalized spacial score (nSPS) is 20.2. The molecule has 0 radical (unpaired) electrons. The number of amides is 1. The zero-order valence-electron chi connectivity index (χ0n) is 20.0. The molecule has 3 heterocycles. The van der Waals surface area contributed by atoms with E-state index in [0.29, 0.717) is 31.9 Å². The largest absolute Gasteiger partial charge is 0.497 e. The van der Waals surface area contributed by atoms with Gasteiger partial charge in [0.2, 0.25) is 0 Å². The summed E-state index contributed by atoms with van der Waals surface area (Å²) in [5.41, 5.74) is 5.32. The van der Waals surface area contributed by atoms with Crippen molar-refractivity contribution in [2.75, 3.05) is 40.5 Å². The number of aromatic nitrogens is 2. The number of morpholine rings is 1. The summed E-state index contributed by atoms with van der Waals surface area (Å²) in [5.74, 6) is 1.54. The second kappa shape index (κ2) is 10.2. The molecule has 3 aromatic rings. The van der Waals surface area contributed by atoms with Gasteiger partial charge in [-0.2, -0.15) is 0 Å². The fraction of sp³-hybridized carbons (Fsp3) is 0.286. The summed E-state index contributed by atoms with van der Waals surface area (Å²) >= 11 is 0. The van der Waals surface area contributed by atoms with E-state index in [4.69, 9.17) is 14.2 Å². The lowest BCUT2D eigenvalue weighted by molar-refractivity contribution is -0.130. The smallest absolute Gasteiger partial charge is 0.254 e. The predicted molar refractivity (Wildman–Crippen MR) is 136 cm³/mol. The first kappa shape index (κ1) is 22.9. The minimum absolute atomic E-state index is 0.0369. The molecule has 0 saturated carbocycles. The lowest BCUT2D eigenvalue weighted by Gasteiger charge is -2.27. The first-order chi connectivity index (χ1) is 17.2. The van der Waals surface area contributed by atoms with Gasteiger partial charge in [-0.15, -0.1) is 0 Å². The Morgan fingerprint density at radius 1 is 1.09 bits per heavy atom. The summed E-state index contributed by atoms with van der Waals surface area (Å²) in [6, 6.07) is 7.87. The maximum atomic E-state index is 13.2. The number of allylic oxidation sites excluding steroid dienone is 4. The van der Waals surface area contributed by atoms with Crippen LogP contribution in [0.4, 0.5) is 0 Å². The second-order valence-corrected chi connectivity index (χ2v) is 8.53. The van der Waals surface area contributed by atoms with Crippen molar-refractivity contribution >= 4 is 22.5 Å². The molecule has 1 aromatic carbocycles. The number of rotatable bonds is 5. The molecule has 7 heteroatoms. The standard InChI is InChI=1S/C28H29N3O4/c1-33-22-8-9-26(34-2)23(16-22)25-18-30-27-24(25)15-21(17-29-27)19-6-4-3-5-7-20(14-19)28(32)31-10-12-35-13-11-31/h5-9,14-18H,3-4,10-13H2,1-2H3,(H,29,30)/b7-5+,19-6+,20-14+. The number of pyridine rings is 1. The fourth-order valence-corrected chi connectivity index (χ4v) is 4.51. The molecule has 1 aliphatic heterocycles. The van der Waals surface area contributed by atoms with E-state index in [1.807, 2.05) is 47.6 Å². The number of benzene rings is 1. The first-order valence-corrected chi connectivity index (χ1v) is 11.8. The van der Waals surface area contributed by atoms with E-state index in [0.717, 1.165) is 57.6 Å². The highest BCUT2D eigenvalue weighted by atomic mass is 16.5. The molecule has 1 N–H and O–H groups in total. The van der Waals surface area contributed by atoms with Gasteiger partial charge in [0.15, 0.2) is 0 Å². The van der Waals surface area contributed by atoms with Crippen molar-refractivity contribution < 1.29 is 19.0 Å². The van der Waals surface area contributed by atoms with Crippen LogP contribution in [0.5, 0.6) is 11.5 Å². The van der Waals surface area contributed by atoms with Crippen molar-refractivity contribution in [2.24, 2.45) is 0 Å². The van der Waals surface area contributed by atoms with Crippen LogP contribution in [0.15, 0.2) is 66.5 Å². The number of carbonyl (C=O) groups excluding carboxylic acids is 1. The average Bonchev–Trinajstić information content (AvgIpc) is 3.31. The molecule has 180 valence electrons. The first-order valence-electron chi connectivity index (χ1n) is 11.8. The maximum Gasteiger partial charge on any atom is 0.254 e. The van der Waals surface area contributed by atoms with E-state index in [1.54, 1.807) is 14.2 Å². The minimum Gasteiger partial charge on any atom is -0.497 e. The second-order valence-electron chi connectivity index (χ2n) is 8.53. The molecule has 0 atom stereocenters. The summed E-state index contributed by atoms with van der Waals surface area (Å²) in [7, 11) is 3.31. The number of nitrogens with zero attached hydrogens (tertiary/aromatic N) is 2. The van der Waals surface area contributed by atoms with Crippen LogP contribution in [0.3, 0.4) is 0 Å². The van der Waals surface area contributed by atoms with Crippen LogP contribution in [0, 0.1) is 0 Å². The van der Waals surface area contributed by atoms with Crippen molar-refractivity contribution in [3.8, 4) is 22.6 Å². The van der Waals surface area contributed by atoms with Gasteiger partial charge in [0.25, 0.3) is 5.91 Å². The van der Waals surface area contributed by atoms with E-state index in [-0.39, 0.29) is 5.91 Å². The molecule has 35 heavy (non-hydrogen) atoms. The van der Waals surface area contributed by atoms with Gasteiger partial charge in [-0.3, -0.25) is 4.79 Å². The molecule has 0 unspecified atom stereocenters. The van der Waals surface area contributed by atoms with Gasteiger partial charge >= 0.3 is 0 Å². The number of nitrogens with one attached hydrogen (secondary N) is 1. The zero-order valence-corrected chi connectivity index (χ0v) is 20.0.